The number of aliphatic hydroxyl groups is 1. The summed E-state index contributed by atoms with van der Waals surface area (Å²) in [4.78, 5) is 28.4. The van der Waals surface area contributed by atoms with E-state index in [1.54, 1.807) is 4.98 Å². The summed E-state index contributed by atoms with van der Waals surface area (Å²) in [6.07, 6.45) is -3.64. The van der Waals surface area contributed by atoms with Gasteiger partial charge in [-0.1, -0.05) is 23.2 Å². The maximum atomic E-state index is 13.0. The van der Waals surface area contributed by atoms with Gasteiger partial charge in [0.1, 0.15) is 4.90 Å². The van der Waals surface area contributed by atoms with Crippen LogP contribution in [0, 0.1) is 0 Å². The highest BCUT2D eigenvalue weighted by Crippen LogP contribution is 2.38. The van der Waals surface area contributed by atoms with E-state index >= 15 is 0 Å². The van der Waals surface area contributed by atoms with Crippen LogP contribution in [0.4, 0.5) is 8.78 Å². The summed E-state index contributed by atoms with van der Waals surface area (Å²) in [5.41, 5.74) is -3.94. The molecule has 1 aliphatic carbocycles. The standard InChI is InChI=1S/C19H15Cl2F2N5O7S/c20-10-3-8(28-19(32)25-18(31)15(26-28)17(22)23)4-11(21)16(10)35-14-5-13(12(30)6-24-14)36(33,34)27-7-1-9(29)2-7/h3-7,9,17,27,29-30H,1-2H2,(H,25,31,32)/i7D. The van der Waals surface area contributed by atoms with Crippen LogP contribution in [-0.4, -0.2) is 50.5 Å². The molecule has 0 bridgehead atoms. The van der Waals surface area contributed by atoms with E-state index in [1.807, 2.05) is 0 Å². The van der Waals surface area contributed by atoms with Gasteiger partial charge in [0, 0.05) is 13.5 Å². The van der Waals surface area contributed by atoms with Crippen LogP contribution < -0.4 is 20.7 Å². The summed E-state index contributed by atoms with van der Waals surface area (Å²) in [7, 11) is -4.45. The molecule has 0 radical (unpaired) electrons. The molecule has 0 amide bonds. The molecule has 1 aromatic carbocycles. The maximum Gasteiger partial charge on any atom is 0.349 e. The first-order valence-electron chi connectivity index (χ1n) is 10.3. The molecule has 0 spiro atoms. The summed E-state index contributed by atoms with van der Waals surface area (Å²) in [6, 6.07) is 1.28. The number of aromatic hydroxyl groups is 1. The van der Waals surface area contributed by atoms with Crippen LogP contribution in [0.3, 0.4) is 0 Å². The second kappa shape index (κ2) is 9.74. The third-order valence-electron chi connectivity index (χ3n) is 4.85. The molecular formula is C19H15Cl2F2N5O7S. The zero-order valence-electron chi connectivity index (χ0n) is 18.6. The first-order chi connectivity index (χ1) is 17.2. The van der Waals surface area contributed by atoms with E-state index in [0.717, 1.165) is 24.4 Å². The Labute approximate surface area is 211 Å². The number of ether oxygens (including phenoxy) is 1. The minimum absolute atomic E-state index is 0.148. The van der Waals surface area contributed by atoms with Gasteiger partial charge in [0.15, 0.2) is 17.2 Å². The van der Waals surface area contributed by atoms with Crippen molar-refractivity contribution in [2.75, 3.05) is 0 Å². The zero-order chi connectivity index (χ0) is 27.3. The molecule has 12 nitrogen and oxygen atoms in total. The number of aliphatic hydroxyl groups excluding tert-OH is 1. The number of sulfonamides is 1. The van der Waals surface area contributed by atoms with Crippen LogP contribution >= 0.6 is 23.2 Å². The molecule has 2 heterocycles. The lowest BCUT2D eigenvalue weighted by Gasteiger charge is -2.31. The Morgan fingerprint density at radius 1 is 1.25 bits per heavy atom. The lowest BCUT2D eigenvalue weighted by molar-refractivity contribution is 0.0712. The SMILES string of the molecule is [2H]C1(NS(=O)(=O)c2cc(Oc3c(Cl)cc(-n4nc(C(F)F)c(=O)[nH]c4=O)cc3Cl)ncc2O)CC(O)C1. The van der Waals surface area contributed by atoms with E-state index in [1.165, 1.54) is 0 Å². The van der Waals surface area contributed by atoms with Crippen molar-refractivity contribution < 1.29 is 33.5 Å². The van der Waals surface area contributed by atoms with Gasteiger partial charge in [-0.2, -0.15) is 9.78 Å². The summed E-state index contributed by atoms with van der Waals surface area (Å²) in [6.45, 7) is 0. The van der Waals surface area contributed by atoms with Gasteiger partial charge >= 0.3 is 5.69 Å². The van der Waals surface area contributed by atoms with Crippen LogP contribution in [0.2, 0.25) is 10.0 Å². The third kappa shape index (κ3) is 5.19. The van der Waals surface area contributed by atoms with Gasteiger partial charge in [0.25, 0.3) is 12.0 Å². The maximum absolute atomic E-state index is 13.0. The van der Waals surface area contributed by atoms with E-state index in [9.17, 15) is 37.0 Å². The number of nitrogens with one attached hydrogen (secondary N) is 2. The Bertz CT molecular complexity index is 1590. The van der Waals surface area contributed by atoms with Gasteiger partial charge < -0.3 is 14.9 Å². The average Bonchev–Trinajstić information content (AvgIpc) is 2.75. The second-order valence-electron chi connectivity index (χ2n) is 7.46. The summed E-state index contributed by atoms with van der Waals surface area (Å²) >= 11 is 12.4. The molecule has 2 aromatic heterocycles. The van der Waals surface area contributed by atoms with E-state index < -0.39 is 62.0 Å². The predicted octanol–water partition coefficient (Wildman–Crippen LogP) is 1.86. The topological polar surface area (TPSA) is 176 Å². The van der Waals surface area contributed by atoms with Crippen LogP contribution in [0.25, 0.3) is 5.69 Å². The van der Waals surface area contributed by atoms with Crippen molar-refractivity contribution in [3.05, 3.63) is 61.0 Å². The molecule has 1 fully saturated rings. The van der Waals surface area contributed by atoms with Gasteiger partial charge in [-0.05, 0) is 25.0 Å². The molecule has 0 aliphatic heterocycles. The number of alkyl halides is 2. The minimum atomic E-state index is -4.45. The van der Waals surface area contributed by atoms with Crippen molar-refractivity contribution in [3.63, 3.8) is 0 Å². The summed E-state index contributed by atoms with van der Waals surface area (Å²) in [5, 5.41) is 22.2. The largest absolute Gasteiger partial charge is 0.505 e. The minimum Gasteiger partial charge on any atom is -0.505 e. The number of hydrogen-bond donors (Lipinski definition) is 4. The zero-order valence-corrected chi connectivity index (χ0v) is 19.9. The lowest BCUT2D eigenvalue weighted by Crippen LogP contribution is -2.46. The first kappa shape index (κ1) is 24.6. The summed E-state index contributed by atoms with van der Waals surface area (Å²) in [5.74, 6) is -1.44. The highest BCUT2D eigenvalue weighted by molar-refractivity contribution is 7.89. The Balaban J connectivity index is 1.66. The van der Waals surface area contributed by atoms with E-state index in [0.29, 0.717) is 4.68 Å². The molecule has 36 heavy (non-hydrogen) atoms. The van der Waals surface area contributed by atoms with Crippen molar-refractivity contribution in [1.29, 1.82) is 0 Å². The number of aromatic nitrogens is 4. The quantitative estimate of drug-likeness (QED) is 0.332. The van der Waals surface area contributed by atoms with Gasteiger partial charge in [0.2, 0.25) is 15.9 Å². The van der Waals surface area contributed by atoms with E-state index in [2.05, 4.69) is 14.8 Å². The number of aromatic amines is 1. The molecule has 17 heteroatoms. The number of benzene rings is 1. The highest BCUT2D eigenvalue weighted by Gasteiger charge is 2.32. The molecule has 4 rings (SSSR count). The molecule has 1 saturated carbocycles. The van der Waals surface area contributed by atoms with Gasteiger partial charge in [-0.3, -0.25) is 9.78 Å². The number of pyridine rings is 1. The number of hydrogen-bond acceptors (Lipinski definition) is 9. The Morgan fingerprint density at radius 2 is 1.89 bits per heavy atom. The Hall–Kier alpha value is -3.11. The van der Waals surface area contributed by atoms with Gasteiger partial charge in [0.05, 0.1) is 28.0 Å². The highest BCUT2D eigenvalue weighted by atomic mass is 35.5. The number of nitrogens with zero attached hydrogens (tertiary/aromatic N) is 3. The smallest absolute Gasteiger partial charge is 0.349 e. The molecule has 0 unspecified atom stereocenters. The Kier molecular flexibility index (Phi) is 6.65. The normalized spacial score (nSPS) is 20.2. The van der Waals surface area contributed by atoms with Crippen molar-refractivity contribution in [2.24, 2.45) is 0 Å². The first-order valence-corrected chi connectivity index (χ1v) is 12.0. The monoisotopic (exact) mass is 566 g/mol. The predicted molar refractivity (Wildman–Crippen MR) is 121 cm³/mol. The van der Waals surface area contributed by atoms with Gasteiger partial charge in [-0.25, -0.2) is 31.7 Å². The van der Waals surface area contributed by atoms with Crippen molar-refractivity contribution in [1.82, 2.24) is 24.5 Å². The summed E-state index contributed by atoms with van der Waals surface area (Å²) < 4.78 is 67.5. The molecule has 1 aliphatic rings. The fraction of sp³-hybridized carbons (Fsp3) is 0.263. The number of H-pyrrole nitrogens is 1. The molecule has 0 saturated heterocycles. The third-order valence-corrected chi connectivity index (χ3v) is 6.87. The number of rotatable bonds is 7. The lowest BCUT2D eigenvalue weighted by atomic mass is 9.91. The fourth-order valence-corrected chi connectivity index (χ4v) is 4.91. The fourth-order valence-electron chi connectivity index (χ4n) is 3.12. The second-order valence-corrected chi connectivity index (χ2v) is 9.92. The van der Waals surface area contributed by atoms with Crippen molar-refractivity contribution in [3.8, 4) is 23.1 Å². The Morgan fingerprint density at radius 3 is 2.47 bits per heavy atom. The molecular weight excluding hydrogens is 551 g/mol. The van der Waals surface area contributed by atoms with Crippen molar-refractivity contribution in [2.45, 2.75) is 36.3 Å². The van der Waals surface area contributed by atoms with E-state index in [-0.39, 0.29) is 34.3 Å². The van der Waals surface area contributed by atoms with Crippen LogP contribution in [-0.2, 0) is 10.0 Å². The van der Waals surface area contributed by atoms with Crippen LogP contribution in [0.1, 0.15) is 26.3 Å². The molecule has 0 atom stereocenters. The van der Waals surface area contributed by atoms with E-state index in [4.69, 9.17) is 29.3 Å². The molecule has 3 aromatic rings. The molecule has 192 valence electrons. The number of halogens is 4. The average molecular weight is 567 g/mol. The van der Waals surface area contributed by atoms with Crippen LogP contribution in [0.15, 0.2) is 38.9 Å². The van der Waals surface area contributed by atoms with Crippen molar-refractivity contribution >= 4 is 33.2 Å². The van der Waals surface area contributed by atoms with Gasteiger partial charge in [-0.15, -0.1) is 0 Å². The van der Waals surface area contributed by atoms with Crippen LogP contribution in [0.5, 0.6) is 17.4 Å². The molecule has 4 N–H and O–H groups in total.